The summed E-state index contributed by atoms with van der Waals surface area (Å²) in [6.07, 6.45) is 1.13. The minimum absolute atomic E-state index is 0.0922. The third-order valence-electron chi connectivity index (χ3n) is 5.64. The Morgan fingerprint density at radius 3 is 2.41 bits per heavy atom. The van der Waals surface area contributed by atoms with Crippen molar-refractivity contribution in [3.05, 3.63) is 76.4 Å². The highest BCUT2D eigenvalue weighted by Gasteiger charge is 2.45. The van der Waals surface area contributed by atoms with Gasteiger partial charge in [0, 0.05) is 11.9 Å². The van der Waals surface area contributed by atoms with Gasteiger partial charge in [-0.05, 0) is 73.7 Å². The molecule has 0 radical (unpaired) electrons. The number of pyridine rings is 1. The second-order valence-corrected chi connectivity index (χ2v) is 9.39. The Bertz CT molecular complexity index is 1400. The largest absolute Gasteiger partial charge is 0.497 e. The van der Waals surface area contributed by atoms with E-state index in [1.165, 1.54) is 41.4 Å². The molecule has 10 nitrogen and oxygen atoms in total. The zero-order valence-corrected chi connectivity index (χ0v) is 23.1. The number of rotatable bonds is 9. The molecular formula is C26H23Cl2N5O5S. The topological polar surface area (TPSA) is 113 Å². The van der Waals surface area contributed by atoms with Crippen LogP contribution in [0.1, 0.15) is 23.7 Å². The average Bonchev–Trinajstić information content (AvgIpc) is 3.14. The lowest BCUT2D eigenvalue weighted by molar-refractivity contribution is -0.124. The lowest BCUT2D eigenvalue weighted by Gasteiger charge is -2.25. The van der Waals surface area contributed by atoms with Crippen LogP contribution in [0, 0.1) is 0 Å². The molecule has 1 fully saturated rings. The second kappa shape index (κ2) is 12.3. The zero-order chi connectivity index (χ0) is 28.1. The third-order valence-corrected chi connectivity index (χ3v) is 6.51. The predicted octanol–water partition coefficient (Wildman–Crippen LogP) is 4.93. The van der Waals surface area contributed by atoms with Crippen molar-refractivity contribution in [1.82, 2.24) is 9.99 Å². The molecule has 202 valence electrons. The number of amides is 2. The molecule has 39 heavy (non-hydrogen) atoms. The van der Waals surface area contributed by atoms with E-state index in [0.717, 1.165) is 0 Å². The molecule has 0 bridgehead atoms. The number of carbonyl (C=O) groups excluding carboxylic acids is 3. The fraction of sp³-hybridized carbons (Fsp3) is 0.192. The van der Waals surface area contributed by atoms with E-state index in [9.17, 15) is 14.4 Å². The van der Waals surface area contributed by atoms with Crippen LogP contribution in [0.2, 0.25) is 10.0 Å². The average molecular weight is 588 g/mol. The fourth-order valence-corrected chi connectivity index (χ4v) is 4.56. The van der Waals surface area contributed by atoms with E-state index >= 15 is 0 Å². The number of nitrogens with one attached hydrogen (secondary N) is 2. The third kappa shape index (κ3) is 6.39. The number of ether oxygens (including phenoxy) is 2. The number of hydrogen-bond donors (Lipinski definition) is 2. The molecule has 3 aromatic rings. The summed E-state index contributed by atoms with van der Waals surface area (Å²) in [5.41, 5.74) is 4.24. The smallest absolute Gasteiger partial charge is 0.338 e. The molecule has 2 amide bonds. The lowest BCUT2D eigenvalue weighted by atomic mass is 10.1. The Morgan fingerprint density at radius 2 is 1.79 bits per heavy atom. The van der Waals surface area contributed by atoms with Crippen molar-refractivity contribution in [3.8, 4) is 5.75 Å². The van der Waals surface area contributed by atoms with Crippen molar-refractivity contribution in [2.24, 2.45) is 0 Å². The molecule has 0 unspecified atom stereocenters. The predicted molar refractivity (Wildman–Crippen MR) is 152 cm³/mol. The molecule has 1 aliphatic rings. The first kappa shape index (κ1) is 28.1. The fourth-order valence-electron chi connectivity index (χ4n) is 3.77. The molecule has 1 atom stereocenters. The monoisotopic (exact) mass is 587 g/mol. The van der Waals surface area contributed by atoms with Gasteiger partial charge in [0.1, 0.15) is 11.8 Å². The van der Waals surface area contributed by atoms with E-state index in [1.807, 2.05) is 0 Å². The molecule has 0 spiro atoms. The van der Waals surface area contributed by atoms with Crippen LogP contribution in [0.5, 0.6) is 5.75 Å². The van der Waals surface area contributed by atoms with Crippen LogP contribution in [-0.2, 0) is 14.3 Å². The van der Waals surface area contributed by atoms with Gasteiger partial charge in [-0.2, -0.15) is 0 Å². The van der Waals surface area contributed by atoms with Gasteiger partial charge in [0.25, 0.3) is 5.91 Å². The highest BCUT2D eigenvalue weighted by Crippen LogP contribution is 2.31. The minimum Gasteiger partial charge on any atom is -0.497 e. The summed E-state index contributed by atoms with van der Waals surface area (Å²) in [5, 5.41) is 4.73. The van der Waals surface area contributed by atoms with Gasteiger partial charge >= 0.3 is 5.97 Å². The summed E-state index contributed by atoms with van der Waals surface area (Å²) >= 11 is 17.9. The molecular weight excluding hydrogens is 565 g/mol. The lowest BCUT2D eigenvalue weighted by Crippen LogP contribution is -2.42. The molecule has 2 N–H and O–H groups in total. The van der Waals surface area contributed by atoms with Crippen LogP contribution in [0.15, 0.2) is 60.8 Å². The number of hydrogen-bond acceptors (Lipinski definition) is 8. The Labute approximate surface area is 239 Å². The van der Waals surface area contributed by atoms with E-state index in [1.54, 1.807) is 43.3 Å². The Kier molecular flexibility index (Phi) is 8.85. The number of esters is 1. The van der Waals surface area contributed by atoms with E-state index in [2.05, 4.69) is 15.7 Å². The number of methoxy groups -OCH3 is 1. The summed E-state index contributed by atoms with van der Waals surface area (Å²) < 4.78 is 10.2. The van der Waals surface area contributed by atoms with Crippen molar-refractivity contribution in [2.45, 2.75) is 19.4 Å². The van der Waals surface area contributed by atoms with Crippen LogP contribution in [0.25, 0.3) is 0 Å². The minimum atomic E-state index is -1.04. The Hall–Kier alpha value is -3.93. The summed E-state index contributed by atoms with van der Waals surface area (Å²) in [6, 6.07) is 13.4. The van der Waals surface area contributed by atoms with Gasteiger partial charge in [0.15, 0.2) is 5.82 Å². The maximum atomic E-state index is 13.6. The van der Waals surface area contributed by atoms with Crippen LogP contribution < -0.4 is 20.4 Å². The van der Waals surface area contributed by atoms with E-state index in [4.69, 9.17) is 44.9 Å². The number of nitrogens with zero attached hydrogens (tertiary/aromatic N) is 3. The summed E-state index contributed by atoms with van der Waals surface area (Å²) in [6.45, 7) is 1.97. The van der Waals surface area contributed by atoms with E-state index in [0.29, 0.717) is 27.7 Å². The molecule has 0 aliphatic carbocycles. The van der Waals surface area contributed by atoms with Gasteiger partial charge in [-0.1, -0.05) is 23.2 Å². The van der Waals surface area contributed by atoms with Gasteiger partial charge in [0.2, 0.25) is 11.0 Å². The van der Waals surface area contributed by atoms with E-state index in [-0.39, 0.29) is 29.0 Å². The summed E-state index contributed by atoms with van der Waals surface area (Å²) in [4.78, 5) is 44.0. The first-order valence-corrected chi connectivity index (χ1v) is 12.8. The number of halogens is 2. The molecule has 1 aliphatic heterocycles. The number of aromatic nitrogens is 1. The molecule has 0 saturated carbocycles. The Balaban J connectivity index is 1.57. The van der Waals surface area contributed by atoms with Crippen molar-refractivity contribution >= 4 is 75.5 Å². The first-order valence-electron chi connectivity index (χ1n) is 11.7. The maximum Gasteiger partial charge on any atom is 0.338 e. The van der Waals surface area contributed by atoms with Crippen LogP contribution in [-0.4, -0.2) is 52.6 Å². The van der Waals surface area contributed by atoms with Crippen molar-refractivity contribution in [3.63, 3.8) is 0 Å². The quantitative estimate of drug-likeness (QED) is 0.265. The number of carbonyl (C=O) groups is 3. The van der Waals surface area contributed by atoms with Gasteiger partial charge in [-0.3, -0.25) is 19.9 Å². The highest BCUT2D eigenvalue weighted by atomic mass is 35.5. The SMILES string of the molecule is CCOC(=O)c1ccc(NC(=O)C[C@H]2C(=O)N(c3ccc(OC)cc3)C(=S)N2Nc2ncc(Cl)cc2Cl)cc1. The normalized spacial score (nSPS) is 14.8. The second-order valence-electron chi connectivity index (χ2n) is 8.19. The van der Waals surface area contributed by atoms with Crippen molar-refractivity contribution in [2.75, 3.05) is 29.4 Å². The van der Waals surface area contributed by atoms with Gasteiger partial charge in [-0.15, -0.1) is 0 Å². The van der Waals surface area contributed by atoms with Crippen molar-refractivity contribution < 1.29 is 23.9 Å². The zero-order valence-electron chi connectivity index (χ0n) is 20.8. The van der Waals surface area contributed by atoms with Crippen LogP contribution >= 0.6 is 35.4 Å². The van der Waals surface area contributed by atoms with Gasteiger partial charge < -0.3 is 14.8 Å². The summed E-state index contributed by atoms with van der Waals surface area (Å²) in [7, 11) is 1.54. The molecule has 1 saturated heterocycles. The molecule has 2 aromatic carbocycles. The number of anilines is 3. The summed E-state index contributed by atoms with van der Waals surface area (Å²) in [5.74, 6) is -0.550. The number of benzene rings is 2. The maximum absolute atomic E-state index is 13.6. The van der Waals surface area contributed by atoms with Gasteiger partial charge in [-0.25, -0.2) is 14.8 Å². The van der Waals surface area contributed by atoms with E-state index < -0.39 is 23.8 Å². The number of thiocarbonyl (C=S) groups is 1. The first-order chi connectivity index (χ1) is 18.7. The molecule has 1 aromatic heterocycles. The van der Waals surface area contributed by atoms with Gasteiger partial charge in [0.05, 0.1) is 41.4 Å². The molecule has 2 heterocycles. The van der Waals surface area contributed by atoms with Crippen LogP contribution in [0.3, 0.4) is 0 Å². The molecule has 13 heteroatoms. The molecule has 4 rings (SSSR count). The number of hydrazine groups is 1. The van der Waals surface area contributed by atoms with Crippen molar-refractivity contribution in [1.29, 1.82) is 0 Å². The highest BCUT2D eigenvalue weighted by molar-refractivity contribution is 7.80. The standard InChI is InChI=1S/C26H23Cl2N5O5S/c1-3-38-25(36)15-4-6-17(7-5-15)30-22(34)13-21-24(35)32(18-8-10-19(37-2)11-9-18)26(39)33(21)31-23-20(28)12-16(27)14-29-23/h4-12,14,21H,3,13H2,1-2H3,(H,29,31)(H,30,34)/t21-/m0/s1. The Morgan fingerprint density at radius 1 is 1.10 bits per heavy atom. The van der Waals surface area contributed by atoms with Crippen LogP contribution in [0.4, 0.5) is 17.2 Å².